The molecule has 0 radical (unpaired) electrons. The van der Waals surface area contributed by atoms with E-state index >= 15 is 0 Å². The van der Waals surface area contributed by atoms with Crippen molar-refractivity contribution in [3.63, 3.8) is 0 Å². The number of nitrogens with zero attached hydrogens (tertiary/aromatic N) is 1. The van der Waals surface area contributed by atoms with Crippen LogP contribution in [-0.2, 0) is 9.59 Å². The molecule has 8 heteroatoms. The number of anilines is 1. The number of phenols is 1. The molecule has 0 unspecified atom stereocenters. The van der Waals surface area contributed by atoms with Crippen molar-refractivity contribution in [3.05, 3.63) is 51.5 Å². The number of aryl methyl sites for hydroxylation is 1. The maximum atomic E-state index is 12.0. The Hall–Kier alpha value is -2.87. The first kappa shape index (κ1) is 21.4. The molecule has 0 saturated heterocycles. The standard InChI is InChI=1S/C20H22BrN3O4/c1-12-5-4-6-16(13(12)2)23-18(25)7-8-19(26)24-22-11-14-9-15(21)10-17(28-3)20(14)27/h4-6,9-11,27H,7-8H2,1-3H3,(H,23,25)(H,24,26)/b22-11+. The Kier molecular flexibility index (Phi) is 7.57. The van der Waals surface area contributed by atoms with Crippen LogP contribution >= 0.6 is 15.9 Å². The number of aromatic hydroxyl groups is 1. The second kappa shape index (κ2) is 9.89. The number of hydrazone groups is 1. The van der Waals surface area contributed by atoms with Crippen molar-refractivity contribution in [3.8, 4) is 11.5 Å². The average Bonchev–Trinajstić information content (AvgIpc) is 2.66. The fourth-order valence-electron chi connectivity index (χ4n) is 2.40. The summed E-state index contributed by atoms with van der Waals surface area (Å²) in [4.78, 5) is 23.9. The van der Waals surface area contributed by atoms with Gasteiger partial charge in [-0.2, -0.15) is 5.10 Å². The number of carbonyl (C=O) groups excluding carboxylic acids is 2. The highest BCUT2D eigenvalue weighted by atomic mass is 79.9. The maximum Gasteiger partial charge on any atom is 0.240 e. The van der Waals surface area contributed by atoms with Crippen molar-refractivity contribution >= 4 is 39.6 Å². The molecule has 0 aliphatic carbocycles. The lowest BCUT2D eigenvalue weighted by Crippen LogP contribution is -2.21. The molecule has 0 atom stereocenters. The van der Waals surface area contributed by atoms with E-state index in [9.17, 15) is 14.7 Å². The van der Waals surface area contributed by atoms with Crippen LogP contribution in [0.1, 0.15) is 29.5 Å². The lowest BCUT2D eigenvalue weighted by Gasteiger charge is -2.10. The molecule has 3 N–H and O–H groups in total. The van der Waals surface area contributed by atoms with E-state index in [2.05, 4.69) is 31.8 Å². The van der Waals surface area contributed by atoms with Crippen LogP contribution in [0, 0.1) is 13.8 Å². The molecule has 2 aromatic rings. The molecular formula is C20H22BrN3O4. The lowest BCUT2D eigenvalue weighted by molar-refractivity contribution is -0.124. The van der Waals surface area contributed by atoms with Crippen LogP contribution in [-0.4, -0.2) is 30.2 Å². The normalized spacial score (nSPS) is 10.7. The summed E-state index contributed by atoms with van der Waals surface area (Å²) >= 11 is 3.30. The second-order valence-electron chi connectivity index (χ2n) is 6.13. The third-order valence-corrected chi connectivity index (χ3v) is 4.60. The molecule has 148 valence electrons. The van der Waals surface area contributed by atoms with Gasteiger partial charge in [0.1, 0.15) is 0 Å². The number of hydrogen-bond donors (Lipinski definition) is 3. The number of carbonyl (C=O) groups is 2. The topological polar surface area (TPSA) is 100 Å². The van der Waals surface area contributed by atoms with E-state index in [1.807, 2.05) is 32.0 Å². The van der Waals surface area contributed by atoms with Crippen molar-refractivity contribution in [1.29, 1.82) is 0 Å². The minimum absolute atomic E-state index is 0.0121. The summed E-state index contributed by atoms with van der Waals surface area (Å²) < 4.78 is 5.74. The zero-order chi connectivity index (χ0) is 20.7. The van der Waals surface area contributed by atoms with Gasteiger partial charge in [-0.15, -0.1) is 0 Å². The van der Waals surface area contributed by atoms with Gasteiger partial charge in [-0.05, 0) is 43.2 Å². The Balaban J connectivity index is 1.86. The number of methoxy groups -OCH3 is 1. The van der Waals surface area contributed by atoms with Crippen molar-refractivity contribution in [2.75, 3.05) is 12.4 Å². The molecule has 28 heavy (non-hydrogen) atoms. The first-order valence-electron chi connectivity index (χ1n) is 8.56. The number of rotatable bonds is 7. The molecular weight excluding hydrogens is 426 g/mol. The van der Waals surface area contributed by atoms with E-state index in [0.717, 1.165) is 16.8 Å². The predicted octanol–water partition coefficient (Wildman–Crippen LogP) is 3.65. The van der Waals surface area contributed by atoms with Crippen molar-refractivity contribution < 1.29 is 19.4 Å². The van der Waals surface area contributed by atoms with Gasteiger partial charge in [0.25, 0.3) is 0 Å². The Morgan fingerprint density at radius 1 is 1.21 bits per heavy atom. The van der Waals surface area contributed by atoms with Gasteiger partial charge in [-0.1, -0.05) is 28.1 Å². The second-order valence-corrected chi connectivity index (χ2v) is 7.05. The third kappa shape index (κ3) is 5.82. The Bertz CT molecular complexity index is 913. The van der Waals surface area contributed by atoms with Crippen LogP contribution in [0.25, 0.3) is 0 Å². The molecule has 2 aromatic carbocycles. The van der Waals surface area contributed by atoms with Crippen LogP contribution in [0.4, 0.5) is 5.69 Å². The highest BCUT2D eigenvalue weighted by molar-refractivity contribution is 9.10. The van der Waals surface area contributed by atoms with Gasteiger partial charge in [0.05, 0.1) is 13.3 Å². The largest absolute Gasteiger partial charge is 0.504 e. The van der Waals surface area contributed by atoms with E-state index in [4.69, 9.17) is 4.74 Å². The van der Waals surface area contributed by atoms with Crippen LogP contribution in [0.3, 0.4) is 0 Å². The SMILES string of the molecule is COc1cc(Br)cc(/C=N/NC(=O)CCC(=O)Nc2cccc(C)c2C)c1O. The molecule has 7 nitrogen and oxygen atoms in total. The average molecular weight is 448 g/mol. The summed E-state index contributed by atoms with van der Waals surface area (Å²) in [6, 6.07) is 8.90. The van der Waals surface area contributed by atoms with Gasteiger partial charge in [-0.25, -0.2) is 5.43 Å². The Morgan fingerprint density at radius 3 is 2.64 bits per heavy atom. The van der Waals surface area contributed by atoms with Crippen molar-refractivity contribution in [2.45, 2.75) is 26.7 Å². The van der Waals surface area contributed by atoms with Crippen LogP contribution < -0.4 is 15.5 Å². The monoisotopic (exact) mass is 447 g/mol. The Morgan fingerprint density at radius 2 is 1.93 bits per heavy atom. The van der Waals surface area contributed by atoms with Gasteiger partial charge >= 0.3 is 0 Å². The quantitative estimate of drug-likeness (QED) is 0.445. The van der Waals surface area contributed by atoms with E-state index < -0.39 is 5.91 Å². The van der Waals surface area contributed by atoms with Crippen molar-refractivity contribution in [2.24, 2.45) is 5.10 Å². The van der Waals surface area contributed by atoms with Gasteiger partial charge < -0.3 is 15.2 Å². The van der Waals surface area contributed by atoms with Crippen LogP contribution in [0.2, 0.25) is 0 Å². The summed E-state index contributed by atoms with van der Waals surface area (Å²) in [5.74, 6) is -0.460. The summed E-state index contributed by atoms with van der Waals surface area (Å²) in [6.07, 6.45) is 1.32. The number of ether oxygens (including phenoxy) is 1. The molecule has 2 rings (SSSR count). The number of phenolic OH excluding ortho intramolecular Hbond substituents is 1. The zero-order valence-electron chi connectivity index (χ0n) is 15.9. The minimum atomic E-state index is -0.409. The fourth-order valence-corrected chi connectivity index (χ4v) is 2.86. The summed E-state index contributed by atoms with van der Waals surface area (Å²) in [7, 11) is 1.44. The van der Waals surface area contributed by atoms with Crippen LogP contribution in [0.5, 0.6) is 11.5 Å². The highest BCUT2D eigenvalue weighted by Gasteiger charge is 2.10. The first-order valence-corrected chi connectivity index (χ1v) is 9.35. The first-order chi connectivity index (χ1) is 13.3. The molecule has 0 saturated carbocycles. The number of hydrogen-bond acceptors (Lipinski definition) is 5. The van der Waals surface area contributed by atoms with Gasteiger partial charge in [0, 0.05) is 28.6 Å². The van der Waals surface area contributed by atoms with E-state index in [-0.39, 0.29) is 30.2 Å². The summed E-state index contributed by atoms with van der Waals surface area (Å²) in [5.41, 5.74) is 5.53. The fraction of sp³-hybridized carbons (Fsp3) is 0.250. The van der Waals surface area contributed by atoms with E-state index in [1.165, 1.54) is 13.3 Å². The molecule has 0 heterocycles. The van der Waals surface area contributed by atoms with E-state index in [1.54, 1.807) is 12.1 Å². The molecule has 0 spiro atoms. The van der Waals surface area contributed by atoms with E-state index in [0.29, 0.717) is 10.0 Å². The highest BCUT2D eigenvalue weighted by Crippen LogP contribution is 2.32. The Labute approximate surface area is 171 Å². The molecule has 0 aliphatic heterocycles. The van der Waals surface area contributed by atoms with Gasteiger partial charge in [0.15, 0.2) is 11.5 Å². The number of nitrogens with one attached hydrogen (secondary N) is 2. The summed E-state index contributed by atoms with van der Waals surface area (Å²) in [6.45, 7) is 3.90. The number of halogens is 1. The smallest absolute Gasteiger partial charge is 0.240 e. The molecule has 2 amide bonds. The third-order valence-electron chi connectivity index (χ3n) is 4.14. The molecule has 0 aromatic heterocycles. The lowest BCUT2D eigenvalue weighted by atomic mass is 10.1. The zero-order valence-corrected chi connectivity index (χ0v) is 17.5. The van der Waals surface area contributed by atoms with Crippen molar-refractivity contribution in [1.82, 2.24) is 5.43 Å². The molecule has 0 aliphatic rings. The van der Waals surface area contributed by atoms with Crippen LogP contribution in [0.15, 0.2) is 39.9 Å². The number of amides is 2. The van der Waals surface area contributed by atoms with Gasteiger partial charge in [-0.3, -0.25) is 9.59 Å². The maximum absolute atomic E-state index is 12.0. The van der Waals surface area contributed by atoms with Gasteiger partial charge in [0.2, 0.25) is 11.8 Å². The molecule has 0 fully saturated rings. The summed E-state index contributed by atoms with van der Waals surface area (Å²) in [5, 5.41) is 16.7. The predicted molar refractivity (Wildman–Crippen MR) is 112 cm³/mol. The number of benzene rings is 2. The minimum Gasteiger partial charge on any atom is -0.504 e. The molecule has 0 bridgehead atoms.